The number of aromatic hydroxyl groups is 1. The number of amides is 1. The molecule has 1 fully saturated rings. The first-order chi connectivity index (χ1) is 13.5. The molecule has 0 aliphatic carbocycles. The number of para-hydroxylation sites is 1. The van der Waals surface area contributed by atoms with Crippen LogP contribution in [-0.2, 0) is 4.79 Å². The first-order valence-electron chi connectivity index (χ1n) is 8.98. The number of phenols is 1. The molecular weight excluding hydrogens is 390 g/mol. The van der Waals surface area contributed by atoms with E-state index in [0.29, 0.717) is 14.8 Å². The lowest BCUT2D eigenvalue weighted by Crippen LogP contribution is -2.22. The molecule has 28 heavy (non-hydrogen) atoms. The molecule has 3 rings (SSSR count). The zero-order valence-corrected chi connectivity index (χ0v) is 17.3. The predicted molar refractivity (Wildman–Crippen MR) is 121 cm³/mol. The molecule has 1 aliphatic rings. The van der Waals surface area contributed by atoms with Gasteiger partial charge in [0.25, 0.3) is 5.91 Å². The second-order valence-electron chi connectivity index (χ2n) is 6.06. The summed E-state index contributed by atoms with van der Waals surface area (Å²) in [6, 6.07) is 14.9. The SMILES string of the molecule is CCN(CC)c1ccc(/C=C2/SC(=S)N(/N=C/c3ccccc3O)C2=O)cc1. The van der Waals surface area contributed by atoms with Crippen LogP contribution < -0.4 is 4.90 Å². The molecule has 0 unspecified atom stereocenters. The van der Waals surface area contributed by atoms with Crippen LogP contribution in [0.25, 0.3) is 6.08 Å². The minimum atomic E-state index is -0.269. The second kappa shape index (κ2) is 9.03. The number of hydrazone groups is 1. The van der Waals surface area contributed by atoms with Crippen molar-refractivity contribution >= 4 is 52.2 Å². The van der Waals surface area contributed by atoms with Gasteiger partial charge in [-0.1, -0.05) is 36.0 Å². The zero-order chi connectivity index (χ0) is 20.1. The summed E-state index contributed by atoms with van der Waals surface area (Å²) >= 11 is 6.51. The molecule has 0 spiro atoms. The van der Waals surface area contributed by atoms with Crippen LogP contribution >= 0.6 is 24.0 Å². The van der Waals surface area contributed by atoms with Gasteiger partial charge in [0.2, 0.25) is 0 Å². The highest BCUT2D eigenvalue weighted by molar-refractivity contribution is 8.26. The third kappa shape index (κ3) is 4.43. The lowest BCUT2D eigenvalue weighted by molar-refractivity contribution is -0.122. The van der Waals surface area contributed by atoms with E-state index in [9.17, 15) is 9.90 Å². The summed E-state index contributed by atoms with van der Waals surface area (Å²) < 4.78 is 0.364. The molecule has 1 N–H and O–H groups in total. The number of hydrogen-bond acceptors (Lipinski definition) is 6. The molecule has 1 amide bonds. The van der Waals surface area contributed by atoms with Crippen molar-refractivity contribution in [2.75, 3.05) is 18.0 Å². The molecule has 144 valence electrons. The van der Waals surface area contributed by atoms with E-state index in [4.69, 9.17) is 12.2 Å². The Morgan fingerprint density at radius 3 is 2.46 bits per heavy atom. The minimum Gasteiger partial charge on any atom is -0.507 e. The van der Waals surface area contributed by atoms with Crippen molar-refractivity contribution in [3.63, 3.8) is 0 Å². The second-order valence-corrected chi connectivity index (χ2v) is 7.74. The van der Waals surface area contributed by atoms with Gasteiger partial charge in [-0.25, -0.2) is 0 Å². The molecule has 1 saturated heterocycles. The zero-order valence-electron chi connectivity index (χ0n) is 15.7. The summed E-state index contributed by atoms with van der Waals surface area (Å²) in [5, 5.41) is 15.2. The van der Waals surface area contributed by atoms with Gasteiger partial charge in [-0.05, 0) is 62.0 Å². The van der Waals surface area contributed by atoms with Gasteiger partial charge in [0.05, 0.1) is 11.1 Å². The highest BCUT2D eigenvalue weighted by Crippen LogP contribution is 2.33. The normalized spacial score (nSPS) is 15.8. The molecule has 0 saturated carbocycles. The van der Waals surface area contributed by atoms with E-state index in [-0.39, 0.29) is 11.7 Å². The number of thiocarbonyl (C=S) groups is 1. The summed E-state index contributed by atoms with van der Waals surface area (Å²) in [5.74, 6) is -0.171. The van der Waals surface area contributed by atoms with Crippen molar-refractivity contribution in [2.45, 2.75) is 13.8 Å². The molecule has 7 heteroatoms. The van der Waals surface area contributed by atoms with E-state index in [0.717, 1.165) is 24.3 Å². The summed E-state index contributed by atoms with van der Waals surface area (Å²) in [6.45, 7) is 6.14. The van der Waals surface area contributed by atoms with E-state index in [2.05, 4.69) is 36.0 Å². The summed E-state index contributed by atoms with van der Waals surface area (Å²) in [7, 11) is 0. The standard InChI is InChI=1S/C21H21N3O2S2/c1-3-23(4-2)17-11-9-15(10-12-17)13-19-20(26)24(21(27)28-19)22-14-16-7-5-6-8-18(16)25/h5-14,25H,3-4H2,1-2H3/b19-13+,22-14+. The van der Waals surface area contributed by atoms with E-state index >= 15 is 0 Å². The fourth-order valence-electron chi connectivity index (χ4n) is 2.80. The number of carbonyl (C=O) groups excluding carboxylic acids is 1. The molecule has 0 aromatic heterocycles. The first kappa shape index (κ1) is 20.1. The highest BCUT2D eigenvalue weighted by Gasteiger charge is 2.32. The van der Waals surface area contributed by atoms with Gasteiger partial charge < -0.3 is 10.0 Å². The molecule has 2 aromatic rings. The van der Waals surface area contributed by atoms with E-state index in [1.54, 1.807) is 24.3 Å². The quantitative estimate of drug-likeness (QED) is 0.432. The molecule has 1 heterocycles. The fourth-order valence-corrected chi connectivity index (χ4v) is 3.97. The van der Waals surface area contributed by atoms with Gasteiger partial charge in [0, 0.05) is 24.3 Å². The number of phenolic OH excluding ortho intramolecular Hbond substituents is 1. The number of carbonyl (C=O) groups is 1. The van der Waals surface area contributed by atoms with Crippen LogP contribution in [0.1, 0.15) is 25.0 Å². The van der Waals surface area contributed by atoms with Crippen LogP contribution in [-0.4, -0.2) is 39.6 Å². The minimum absolute atomic E-state index is 0.0977. The maximum Gasteiger partial charge on any atom is 0.286 e. The summed E-state index contributed by atoms with van der Waals surface area (Å²) in [6.07, 6.45) is 3.25. The summed E-state index contributed by atoms with van der Waals surface area (Å²) in [4.78, 5) is 15.4. The third-order valence-electron chi connectivity index (χ3n) is 4.34. The Labute approximate surface area is 174 Å². The Hall–Kier alpha value is -2.64. The van der Waals surface area contributed by atoms with Crippen LogP contribution in [0.5, 0.6) is 5.75 Å². The lowest BCUT2D eigenvalue weighted by Gasteiger charge is -2.20. The van der Waals surface area contributed by atoms with Crippen molar-refractivity contribution < 1.29 is 9.90 Å². The van der Waals surface area contributed by atoms with Gasteiger partial charge in [-0.3, -0.25) is 4.79 Å². The average molecular weight is 412 g/mol. The van der Waals surface area contributed by atoms with Crippen molar-refractivity contribution in [1.29, 1.82) is 0 Å². The molecule has 0 bridgehead atoms. The number of hydrogen-bond donors (Lipinski definition) is 1. The predicted octanol–water partition coefficient (Wildman–Crippen LogP) is 4.47. The number of nitrogens with zero attached hydrogens (tertiary/aromatic N) is 3. The topological polar surface area (TPSA) is 56.1 Å². The van der Waals surface area contributed by atoms with E-state index in [1.807, 2.05) is 18.2 Å². The van der Waals surface area contributed by atoms with Gasteiger partial charge in [0.15, 0.2) is 4.32 Å². The Bertz CT molecular complexity index is 935. The van der Waals surface area contributed by atoms with Crippen molar-refractivity contribution in [1.82, 2.24) is 5.01 Å². The fraction of sp³-hybridized carbons (Fsp3) is 0.190. The number of benzene rings is 2. The van der Waals surface area contributed by atoms with Gasteiger partial charge in [0.1, 0.15) is 5.75 Å². The largest absolute Gasteiger partial charge is 0.507 e. The third-order valence-corrected chi connectivity index (χ3v) is 5.62. The molecule has 1 aliphatic heterocycles. The Morgan fingerprint density at radius 2 is 1.82 bits per heavy atom. The Morgan fingerprint density at radius 1 is 1.14 bits per heavy atom. The Balaban J connectivity index is 1.76. The highest BCUT2D eigenvalue weighted by atomic mass is 32.2. The first-order valence-corrected chi connectivity index (χ1v) is 10.2. The van der Waals surface area contributed by atoms with Crippen molar-refractivity contribution in [3.05, 3.63) is 64.6 Å². The van der Waals surface area contributed by atoms with Crippen molar-refractivity contribution in [2.24, 2.45) is 5.10 Å². The molecule has 5 nitrogen and oxygen atoms in total. The lowest BCUT2D eigenvalue weighted by atomic mass is 10.1. The van der Waals surface area contributed by atoms with Crippen LogP contribution in [0, 0.1) is 0 Å². The van der Waals surface area contributed by atoms with Crippen LogP contribution in [0.2, 0.25) is 0 Å². The smallest absolute Gasteiger partial charge is 0.286 e. The maximum absolute atomic E-state index is 12.7. The average Bonchev–Trinajstić information content (AvgIpc) is 2.96. The monoisotopic (exact) mass is 411 g/mol. The van der Waals surface area contributed by atoms with Crippen LogP contribution in [0.3, 0.4) is 0 Å². The molecular formula is C21H21N3O2S2. The number of anilines is 1. The molecule has 2 aromatic carbocycles. The van der Waals surface area contributed by atoms with Crippen LogP contribution in [0.15, 0.2) is 58.5 Å². The Kier molecular flexibility index (Phi) is 6.49. The molecule has 0 radical (unpaired) electrons. The van der Waals surface area contributed by atoms with E-state index in [1.165, 1.54) is 23.0 Å². The molecule has 0 atom stereocenters. The summed E-state index contributed by atoms with van der Waals surface area (Å²) in [5.41, 5.74) is 2.61. The van der Waals surface area contributed by atoms with Crippen LogP contribution in [0.4, 0.5) is 5.69 Å². The van der Waals surface area contributed by atoms with Gasteiger partial charge in [-0.15, -0.1) is 0 Å². The van der Waals surface area contributed by atoms with Gasteiger partial charge >= 0.3 is 0 Å². The number of thioether (sulfide) groups is 1. The number of rotatable bonds is 6. The van der Waals surface area contributed by atoms with E-state index < -0.39 is 0 Å². The maximum atomic E-state index is 12.7. The van der Waals surface area contributed by atoms with Gasteiger partial charge in [-0.2, -0.15) is 10.1 Å². The van der Waals surface area contributed by atoms with Crippen molar-refractivity contribution in [3.8, 4) is 5.75 Å².